The summed E-state index contributed by atoms with van der Waals surface area (Å²) in [5, 5.41) is 16.2. The van der Waals surface area contributed by atoms with Gasteiger partial charge in [-0.2, -0.15) is 0 Å². The molecule has 3 N–H and O–H groups in total. The average molecular weight is 345 g/mol. The van der Waals surface area contributed by atoms with Gasteiger partial charge in [-0.3, -0.25) is 4.79 Å². The van der Waals surface area contributed by atoms with E-state index >= 15 is 0 Å². The topological polar surface area (TPSA) is 64.6 Å². The van der Waals surface area contributed by atoms with Gasteiger partial charge in [-0.25, -0.2) is 0 Å². The molecule has 1 saturated heterocycles. The van der Waals surface area contributed by atoms with E-state index < -0.39 is 0 Å². The van der Waals surface area contributed by atoms with E-state index in [2.05, 4.69) is 29.4 Å². The predicted molar refractivity (Wildman–Crippen MR) is 99.5 cm³/mol. The van der Waals surface area contributed by atoms with E-state index in [-0.39, 0.29) is 23.7 Å². The van der Waals surface area contributed by atoms with Crippen LogP contribution >= 0.6 is 0 Å². The lowest BCUT2D eigenvalue weighted by molar-refractivity contribution is -0.124. The highest BCUT2D eigenvalue weighted by Crippen LogP contribution is 2.22. The maximum absolute atomic E-state index is 12.8. The first-order chi connectivity index (χ1) is 12.0. The summed E-state index contributed by atoms with van der Waals surface area (Å²) >= 11 is 0. The van der Waals surface area contributed by atoms with Gasteiger partial charge < -0.3 is 20.6 Å². The lowest BCUT2D eigenvalue weighted by atomic mass is 9.94. The van der Waals surface area contributed by atoms with Crippen molar-refractivity contribution < 1.29 is 9.90 Å². The molecule has 2 aliphatic heterocycles. The fourth-order valence-electron chi connectivity index (χ4n) is 3.81. The second-order valence-corrected chi connectivity index (χ2v) is 7.81. The van der Waals surface area contributed by atoms with Crippen LogP contribution in [0.25, 0.3) is 0 Å². The summed E-state index contributed by atoms with van der Waals surface area (Å²) in [4.78, 5) is 15.3. The molecule has 2 heterocycles. The van der Waals surface area contributed by atoms with Crippen LogP contribution in [0.5, 0.6) is 5.75 Å². The van der Waals surface area contributed by atoms with Gasteiger partial charge in [0, 0.05) is 19.1 Å². The molecule has 1 fully saturated rings. The van der Waals surface area contributed by atoms with E-state index in [1.165, 1.54) is 19.3 Å². The molecule has 0 aliphatic carbocycles. The van der Waals surface area contributed by atoms with Crippen LogP contribution in [0.2, 0.25) is 0 Å². The van der Waals surface area contributed by atoms with E-state index in [0.717, 1.165) is 30.8 Å². The van der Waals surface area contributed by atoms with Crippen molar-refractivity contribution in [3.63, 3.8) is 0 Å². The summed E-state index contributed by atoms with van der Waals surface area (Å²) in [5.74, 6) is 0.790. The summed E-state index contributed by atoms with van der Waals surface area (Å²) in [6, 6.07) is 5.41. The average Bonchev–Trinajstić information content (AvgIpc) is 2.61. The standard InChI is InChI=1S/C20H31N3O2/c1-14(2)19(13-23-8-4-3-5-9-23)22-20(25)18-11-15-6-7-17(24)10-16(15)12-21-18/h6-7,10,14,18-19,21,24H,3-5,8-9,11-13H2,1-2H3,(H,22,25)/t18-,19-/m1/s1. The number of carbonyl (C=O) groups is 1. The Kier molecular flexibility index (Phi) is 5.97. The number of hydrogen-bond acceptors (Lipinski definition) is 4. The first kappa shape index (κ1) is 18.2. The Bertz CT molecular complexity index is 597. The smallest absolute Gasteiger partial charge is 0.237 e. The lowest BCUT2D eigenvalue weighted by Gasteiger charge is -2.34. The molecule has 0 radical (unpaired) electrons. The maximum atomic E-state index is 12.8. The Labute approximate surface area is 150 Å². The molecule has 138 valence electrons. The number of aromatic hydroxyl groups is 1. The third-order valence-electron chi connectivity index (χ3n) is 5.51. The zero-order valence-electron chi connectivity index (χ0n) is 15.4. The molecular formula is C20H31N3O2. The number of fused-ring (bicyclic) bond motifs is 1. The molecule has 1 aromatic rings. The van der Waals surface area contributed by atoms with Crippen molar-refractivity contribution in [2.45, 2.75) is 58.2 Å². The van der Waals surface area contributed by atoms with Crippen molar-refractivity contribution in [3.8, 4) is 5.75 Å². The first-order valence-corrected chi connectivity index (χ1v) is 9.60. The highest BCUT2D eigenvalue weighted by atomic mass is 16.3. The third kappa shape index (κ3) is 4.73. The van der Waals surface area contributed by atoms with Crippen molar-refractivity contribution in [1.82, 2.24) is 15.5 Å². The van der Waals surface area contributed by atoms with Crippen LogP contribution in [-0.4, -0.2) is 47.6 Å². The lowest BCUT2D eigenvalue weighted by Crippen LogP contribution is -2.54. The third-order valence-corrected chi connectivity index (χ3v) is 5.51. The SMILES string of the molecule is CC(C)[C@@H](CN1CCCCC1)NC(=O)[C@H]1Cc2ccc(O)cc2CN1. The van der Waals surface area contributed by atoms with Gasteiger partial charge in [0.25, 0.3) is 0 Å². The molecular weight excluding hydrogens is 314 g/mol. The number of nitrogens with one attached hydrogen (secondary N) is 2. The zero-order chi connectivity index (χ0) is 17.8. The number of likely N-dealkylation sites (tertiary alicyclic amines) is 1. The fourth-order valence-corrected chi connectivity index (χ4v) is 3.81. The Morgan fingerprint density at radius 1 is 1.28 bits per heavy atom. The Morgan fingerprint density at radius 3 is 2.76 bits per heavy atom. The highest BCUT2D eigenvalue weighted by Gasteiger charge is 2.28. The van der Waals surface area contributed by atoms with Gasteiger partial charge in [0.1, 0.15) is 5.75 Å². The molecule has 25 heavy (non-hydrogen) atoms. The quantitative estimate of drug-likeness (QED) is 0.764. The van der Waals surface area contributed by atoms with Gasteiger partial charge >= 0.3 is 0 Å². The van der Waals surface area contributed by atoms with E-state index in [4.69, 9.17) is 0 Å². The van der Waals surface area contributed by atoms with Gasteiger partial charge in [-0.05, 0) is 61.5 Å². The number of rotatable bonds is 5. The molecule has 5 heteroatoms. The minimum absolute atomic E-state index is 0.0921. The van der Waals surface area contributed by atoms with E-state index in [1.807, 2.05) is 6.07 Å². The van der Waals surface area contributed by atoms with Crippen LogP contribution in [0.15, 0.2) is 18.2 Å². The van der Waals surface area contributed by atoms with Gasteiger partial charge in [-0.1, -0.05) is 26.3 Å². The van der Waals surface area contributed by atoms with Crippen molar-refractivity contribution >= 4 is 5.91 Å². The van der Waals surface area contributed by atoms with Crippen molar-refractivity contribution in [2.24, 2.45) is 5.92 Å². The molecule has 2 atom stereocenters. The zero-order valence-corrected chi connectivity index (χ0v) is 15.4. The number of phenolic OH excluding ortho intramolecular Hbond substituents is 1. The van der Waals surface area contributed by atoms with Crippen LogP contribution in [0.3, 0.4) is 0 Å². The first-order valence-electron chi connectivity index (χ1n) is 9.60. The van der Waals surface area contributed by atoms with Gasteiger partial charge in [0.05, 0.1) is 6.04 Å². The molecule has 0 spiro atoms. The number of amides is 1. The molecule has 5 nitrogen and oxygen atoms in total. The van der Waals surface area contributed by atoms with Crippen LogP contribution in [-0.2, 0) is 17.8 Å². The number of nitrogens with zero attached hydrogens (tertiary/aromatic N) is 1. The summed E-state index contributed by atoms with van der Waals surface area (Å²) in [6.07, 6.45) is 4.55. The second kappa shape index (κ2) is 8.19. The Morgan fingerprint density at radius 2 is 2.04 bits per heavy atom. The number of benzene rings is 1. The van der Waals surface area contributed by atoms with Gasteiger partial charge in [0.2, 0.25) is 5.91 Å². The molecule has 0 saturated carbocycles. The Hall–Kier alpha value is -1.59. The monoisotopic (exact) mass is 345 g/mol. The number of carbonyl (C=O) groups excluding carboxylic acids is 1. The molecule has 1 aromatic carbocycles. The number of hydrogen-bond donors (Lipinski definition) is 3. The summed E-state index contributed by atoms with van der Waals surface area (Å²) in [7, 11) is 0. The van der Waals surface area contributed by atoms with Crippen molar-refractivity contribution in [3.05, 3.63) is 29.3 Å². The summed E-state index contributed by atoms with van der Waals surface area (Å²) in [6.45, 7) is 8.23. The molecule has 1 amide bonds. The maximum Gasteiger partial charge on any atom is 0.237 e. The van der Waals surface area contributed by atoms with Gasteiger partial charge in [-0.15, -0.1) is 0 Å². The van der Waals surface area contributed by atoms with Crippen LogP contribution < -0.4 is 10.6 Å². The molecule has 3 rings (SSSR count). The Balaban J connectivity index is 1.58. The largest absolute Gasteiger partial charge is 0.508 e. The number of piperidine rings is 1. The van der Waals surface area contributed by atoms with Gasteiger partial charge in [0.15, 0.2) is 0 Å². The highest BCUT2D eigenvalue weighted by molar-refractivity contribution is 5.82. The fraction of sp³-hybridized carbons (Fsp3) is 0.650. The van der Waals surface area contributed by atoms with E-state index in [9.17, 15) is 9.90 Å². The minimum Gasteiger partial charge on any atom is -0.508 e. The summed E-state index contributed by atoms with van der Waals surface area (Å²) < 4.78 is 0. The minimum atomic E-state index is -0.195. The molecule has 0 unspecified atom stereocenters. The second-order valence-electron chi connectivity index (χ2n) is 7.81. The van der Waals surface area contributed by atoms with E-state index in [1.54, 1.807) is 12.1 Å². The van der Waals surface area contributed by atoms with Crippen LogP contribution in [0, 0.1) is 5.92 Å². The normalized spacial score (nSPS) is 22.4. The van der Waals surface area contributed by atoms with Crippen molar-refractivity contribution in [2.75, 3.05) is 19.6 Å². The molecule has 0 aromatic heterocycles. The number of phenols is 1. The predicted octanol–water partition coefficient (Wildman–Crippen LogP) is 2.03. The summed E-state index contributed by atoms with van der Waals surface area (Å²) in [5.41, 5.74) is 2.23. The molecule has 2 aliphatic rings. The van der Waals surface area contributed by atoms with Crippen LogP contribution in [0.1, 0.15) is 44.2 Å². The molecule has 0 bridgehead atoms. The van der Waals surface area contributed by atoms with E-state index in [0.29, 0.717) is 18.9 Å². The van der Waals surface area contributed by atoms with Crippen LogP contribution in [0.4, 0.5) is 0 Å². The van der Waals surface area contributed by atoms with Crippen molar-refractivity contribution in [1.29, 1.82) is 0 Å².